The molecule has 0 aliphatic rings. The number of phenols is 1. The van der Waals surface area contributed by atoms with Crippen molar-refractivity contribution in [3.63, 3.8) is 0 Å². The fourth-order valence-electron chi connectivity index (χ4n) is 1.77. The number of non-ortho nitro benzene ring substituents is 1. The summed E-state index contributed by atoms with van der Waals surface area (Å²) in [6, 6.07) is 3.41. The van der Waals surface area contributed by atoms with Crippen LogP contribution in [0, 0.1) is 17.0 Å². The lowest BCUT2D eigenvalue weighted by Crippen LogP contribution is -2.15. The molecule has 1 aromatic heterocycles. The van der Waals surface area contributed by atoms with Crippen LogP contribution < -0.4 is 5.32 Å². The van der Waals surface area contributed by atoms with Gasteiger partial charge in [0.15, 0.2) is 0 Å². The molecule has 2 aromatic rings. The van der Waals surface area contributed by atoms with Crippen LogP contribution in [0.1, 0.15) is 12.1 Å². The quantitative estimate of drug-likeness (QED) is 0.498. The topological polar surface area (TPSA) is 110 Å². The molecule has 2 N–H and O–H groups in total. The molecule has 0 saturated heterocycles. The van der Waals surface area contributed by atoms with Crippen LogP contribution in [0.5, 0.6) is 5.75 Å². The fraction of sp³-hybridized carbons (Fsp3) is 0.231. The number of carbonyl (C=O) groups excluding carboxylic acids is 1. The smallest absolute Gasteiger partial charge is 0.271 e. The predicted molar refractivity (Wildman–Crippen MR) is 80.0 cm³/mol. The van der Waals surface area contributed by atoms with Gasteiger partial charge in [0.05, 0.1) is 21.3 Å². The minimum Gasteiger partial charge on any atom is -0.506 e. The molecule has 9 heteroatoms. The van der Waals surface area contributed by atoms with Gasteiger partial charge in [0.2, 0.25) is 5.91 Å². The Hall–Kier alpha value is -2.61. The van der Waals surface area contributed by atoms with Crippen molar-refractivity contribution in [3.8, 4) is 5.75 Å². The maximum absolute atomic E-state index is 11.8. The molecule has 116 valence electrons. The van der Waals surface area contributed by atoms with Gasteiger partial charge in [-0.1, -0.05) is 11.6 Å². The van der Waals surface area contributed by atoms with E-state index in [0.29, 0.717) is 17.3 Å². The molecular formula is C13H13ClN4O4. The van der Waals surface area contributed by atoms with Crippen LogP contribution in [0.25, 0.3) is 0 Å². The van der Waals surface area contributed by atoms with Crippen molar-refractivity contribution < 1.29 is 14.8 Å². The number of nitro benzene ring substituents is 1. The number of nitrogens with zero attached hydrogens (tertiary/aromatic N) is 3. The van der Waals surface area contributed by atoms with E-state index in [4.69, 9.17) is 11.6 Å². The summed E-state index contributed by atoms with van der Waals surface area (Å²) in [6.45, 7) is 2.05. The Kier molecular flexibility index (Phi) is 4.62. The second kappa shape index (κ2) is 6.44. The average Bonchev–Trinajstić information content (AvgIpc) is 2.78. The number of aromatic nitrogens is 2. The van der Waals surface area contributed by atoms with Gasteiger partial charge in [0, 0.05) is 31.3 Å². The zero-order valence-electron chi connectivity index (χ0n) is 11.6. The molecular weight excluding hydrogens is 312 g/mol. The van der Waals surface area contributed by atoms with Gasteiger partial charge >= 0.3 is 0 Å². The van der Waals surface area contributed by atoms with Gasteiger partial charge in [-0.2, -0.15) is 5.10 Å². The molecule has 0 saturated carbocycles. The van der Waals surface area contributed by atoms with Crippen LogP contribution in [0.15, 0.2) is 24.4 Å². The number of amides is 1. The highest BCUT2D eigenvalue weighted by Gasteiger charge is 2.13. The third-order valence-electron chi connectivity index (χ3n) is 2.92. The van der Waals surface area contributed by atoms with Crippen molar-refractivity contribution >= 4 is 28.9 Å². The SMILES string of the molecule is Cc1nn(CCC(=O)Nc2cc([N+](=O)[O-])ccc2O)cc1Cl. The van der Waals surface area contributed by atoms with Crippen molar-refractivity contribution in [2.45, 2.75) is 19.9 Å². The normalized spacial score (nSPS) is 10.5. The van der Waals surface area contributed by atoms with E-state index in [-0.39, 0.29) is 23.5 Å². The molecule has 1 amide bonds. The lowest BCUT2D eigenvalue weighted by molar-refractivity contribution is -0.384. The molecule has 1 aromatic carbocycles. The zero-order chi connectivity index (χ0) is 16.3. The summed E-state index contributed by atoms with van der Waals surface area (Å²) in [5.41, 5.74) is 0.440. The van der Waals surface area contributed by atoms with E-state index >= 15 is 0 Å². The first-order valence-corrected chi connectivity index (χ1v) is 6.71. The Labute approximate surface area is 130 Å². The van der Waals surface area contributed by atoms with Gasteiger partial charge in [0.1, 0.15) is 5.75 Å². The third-order valence-corrected chi connectivity index (χ3v) is 3.29. The average molecular weight is 325 g/mol. The highest BCUT2D eigenvalue weighted by molar-refractivity contribution is 6.31. The fourth-order valence-corrected chi connectivity index (χ4v) is 1.93. The zero-order valence-corrected chi connectivity index (χ0v) is 12.4. The number of phenolic OH excluding ortho intramolecular Hbond substituents is 1. The van der Waals surface area contributed by atoms with E-state index in [9.17, 15) is 20.0 Å². The summed E-state index contributed by atoms with van der Waals surface area (Å²) in [5, 5.41) is 27.4. The number of nitrogens with one attached hydrogen (secondary N) is 1. The molecule has 8 nitrogen and oxygen atoms in total. The van der Waals surface area contributed by atoms with Crippen LogP contribution in [-0.2, 0) is 11.3 Å². The number of benzene rings is 1. The number of rotatable bonds is 5. The molecule has 0 bridgehead atoms. The van der Waals surface area contributed by atoms with Gasteiger partial charge < -0.3 is 10.4 Å². The van der Waals surface area contributed by atoms with Crippen LogP contribution in [-0.4, -0.2) is 25.7 Å². The minimum atomic E-state index is -0.608. The van der Waals surface area contributed by atoms with Crippen LogP contribution in [0.2, 0.25) is 5.02 Å². The first-order valence-electron chi connectivity index (χ1n) is 6.33. The lowest BCUT2D eigenvalue weighted by atomic mass is 10.2. The van der Waals surface area contributed by atoms with E-state index in [1.54, 1.807) is 13.1 Å². The Morgan fingerprint density at radius 3 is 2.86 bits per heavy atom. The van der Waals surface area contributed by atoms with Gasteiger partial charge in [-0.25, -0.2) is 0 Å². The van der Waals surface area contributed by atoms with E-state index in [0.717, 1.165) is 18.2 Å². The number of halogens is 1. The molecule has 0 radical (unpaired) electrons. The third kappa shape index (κ3) is 3.73. The Morgan fingerprint density at radius 1 is 1.55 bits per heavy atom. The monoisotopic (exact) mass is 324 g/mol. The Bertz CT molecular complexity index is 709. The standard InChI is InChI=1S/C13H13ClN4O4/c1-8-10(14)7-17(16-8)5-4-13(20)15-11-6-9(18(21)22)2-3-12(11)19/h2-3,6-7,19H,4-5H2,1H3,(H,15,20). The molecule has 0 spiro atoms. The van der Waals surface area contributed by atoms with Gasteiger partial charge in [-0.3, -0.25) is 19.6 Å². The Morgan fingerprint density at radius 2 is 2.27 bits per heavy atom. The molecule has 22 heavy (non-hydrogen) atoms. The first kappa shape index (κ1) is 15.8. The number of nitro groups is 1. The molecule has 1 heterocycles. The van der Waals surface area contributed by atoms with Crippen molar-refractivity contribution in [3.05, 3.63) is 45.2 Å². The molecule has 0 aliphatic heterocycles. The number of anilines is 1. The molecule has 0 atom stereocenters. The van der Waals surface area contributed by atoms with E-state index in [1.807, 2.05) is 0 Å². The van der Waals surface area contributed by atoms with Crippen LogP contribution in [0.3, 0.4) is 0 Å². The maximum atomic E-state index is 11.8. The van der Waals surface area contributed by atoms with Crippen LogP contribution in [0.4, 0.5) is 11.4 Å². The van der Waals surface area contributed by atoms with E-state index in [2.05, 4.69) is 10.4 Å². The van der Waals surface area contributed by atoms with Crippen molar-refractivity contribution in [1.82, 2.24) is 9.78 Å². The largest absolute Gasteiger partial charge is 0.506 e. The summed E-state index contributed by atoms with van der Waals surface area (Å²) < 4.78 is 1.53. The number of aryl methyl sites for hydroxylation is 2. The molecule has 2 rings (SSSR count). The van der Waals surface area contributed by atoms with E-state index in [1.165, 1.54) is 4.68 Å². The predicted octanol–water partition coefficient (Wildman–Crippen LogP) is 2.49. The maximum Gasteiger partial charge on any atom is 0.271 e. The van der Waals surface area contributed by atoms with Crippen molar-refractivity contribution in [2.75, 3.05) is 5.32 Å². The summed E-state index contributed by atoms with van der Waals surface area (Å²) in [6.07, 6.45) is 1.69. The molecule has 0 aliphatic carbocycles. The van der Waals surface area contributed by atoms with Gasteiger partial charge in [-0.15, -0.1) is 0 Å². The number of carbonyl (C=O) groups is 1. The first-order chi connectivity index (χ1) is 10.4. The minimum absolute atomic E-state index is 0.00567. The van der Waals surface area contributed by atoms with Crippen LogP contribution >= 0.6 is 11.6 Å². The van der Waals surface area contributed by atoms with Crippen molar-refractivity contribution in [2.24, 2.45) is 0 Å². The highest BCUT2D eigenvalue weighted by Crippen LogP contribution is 2.27. The number of hydrogen-bond acceptors (Lipinski definition) is 5. The number of aromatic hydroxyl groups is 1. The highest BCUT2D eigenvalue weighted by atomic mass is 35.5. The summed E-state index contributed by atoms with van der Waals surface area (Å²) >= 11 is 5.86. The molecule has 0 fully saturated rings. The van der Waals surface area contributed by atoms with Gasteiger partial charge in [-0.05, 0) is 13.0 Å². The molecule has 0 unspecified atom stereocenters. The number of hydrogen-bond donors (Lipinski definition) is 2. The second-order valence-corrected chi connectivity index (χ2v) is 4.99. The summed E-state index contributed by atoms with van der Waals surface area (Å²) in [4.78, 5) is 21.9. The lowest BCUT2D eigenvalue weighted by Gasteiger charge is -2.07. The summed E-state index contributed by atoms with van der Waals surface area (Å²) in [7, 11) is 0. The summed E-state index contributed by atoms with van der Waals surface area (Å²) in [5.74, 6) is -0.642. The van der Waals surface area contributed by atoms with Gasteiger partial charge in [0.25, 0.3) is 5.69 Å². The van der Waals surface area contributed by atoms with Crippen molar-refractivity contribution in [1.29, 1.82) is 0 Å². The second-order valence-electron chi connectivity index (χ2n) is 4.58. The Balaban J connectivity index is 2.00. The van der Waals surface area contributed by atoms with E-state index < -0.39 is 10.8 Å².